The Hall–Kier alpha value is -3.38. The van der Waals surface area contributed by atoms with Gasteiger partial charge in [-0.3, -0.25) is 4.31 Å². The van der Waals surface area contributed by atoms with E-state index in [9.17, 15) is 13.2 Å². The fraction of sp³-hybridized carbons (Fsp3) is 0.0870. The van der Waals surface area contributed by atoms with E-state index >= 15 is 0 Å². The molecule has 0 saturated heterocycles. The average molecular weight is 407 g/mol. The zero-order valence-electron chi connectivity index (χ0n) is 16.1. The van der Waals surface area contributed by atoms with Crippen molar-refractivity contribution >= 4 is 27.8 Å². The molecule has 0 heterocycles. The van der Waals surface area contributed by atoms with Crippen molar-refractivity contribution in [2.75, 3.05) is 11.4 Å². The lowest BCUT2D eigenvalue weighted by molar-refractivity contribution is -0.128. The Balaban J connectivity index is 1.68. The van der Waals surface area contributed by atoms with Gasteiger partial charge in [-0.05, 0) is 55.0 Å². The number of aryl methyl sites for hydroxylation is 1. The van der Waals surface area contributed by atoms with E-state index in [1.165, 1.54) is 17.4 Å². The van der Waals surface area contributed by atoms with Crippen LogP contribution in [-0.4, -0.2) is 21.4 Å². The maximum absolute atomic E-state index is 12.8. The number of carbonyl (C=O) groups excluding carboxylic acids is 1. The molecule has 0 spiro atoms. The third kappa shape index (κ3) is 5.12. The second-order valence-corrected chi connectivity index (χ2v) is 8.41. The van der Waals surface area contributed by atoms with Crippen molar-refractivity contribution in [2.45, 2.75) is 11.8 Å². The molecule has 0 N–H and O–H groups in total. The van der Waals surface area contributed by atoms with E-state index in [0.717, 1.165) is 11.1 Å². The zero-order valence-corrected chi connectivity index (χ0v) is 17.0. The molecule has 0 unspecified atom stereocenters. The van der Waals surface area contributed by atoms with Crippen molar-refractivity contribution < 1.29 is 17.9 Å². The van der Waals surface area contributed by atoms with Crippen molar-refractivity contribution in [2.24, 2.45) is 0 Å². The number of anilines is 1. The molecule has 29 heavy (non-hydrogen) atoms. The van der Waals surface area contributed by atoms with Crippen LogP contribution in [0.3, 0.4) is 0 Å². The summed E-state index contributed by atoms with van der Waals surface area (Å²) in [6.45, 7) is 1.90. The third-order valence-electron chi connectivity index (χ3n) is 4.31. The topological polar surface area (TPSA) is 63.7 Å². The molecule has 0 amide bonds. The van der Waals surface area contributed by atoms with Crippen LogP contribution < -0.4 is 9.04 Å². The van der Waals surface area contributed by atoms with Crippen LogP contribution in [0.25, 0.3) is 6.08 Å². The van der Waals surface area contributed by atoms with Crippen molar-refractivity contribution in [3.05, 3.63) is 96.1 Å². The summed E-state index contributed by atoms with van der Waals surface area (Å²) < 4.78 is 32.0. The first-order valence-electron chi connectivity index (χ1n) is 8.97. The lowest BCUT2D eigenvalue weighted by Gasteiger charge is -2.19. The number of sulfonamides is 1. The highest BCUT2D eigenvalue weighted by Crippen LogP contribution is 2.24. The number of nitrogens with zero attached hydrogens (tertiary/aromatic N) is 1. The molecule has 0 saturated carbocycles. The van der Waals surface area contributed by atoms with Gasteiger partial charge in [0.1, 0.15) is 5.75 Å². The Kier molecular flexibility index (Phi) is 6.14. The summed E-state index contributed by atoms with van der Waals surface area (Å²) >= 11 is 0. The summed E-state index contributed by atoms with van der Waals surface area (Å²) in [6.07, 6.45) is 3.01. The molecule has 0 bridgehead atoms. The number of carbonyl (C=O) groups is 1. The van der Waals surface area contributed by atoms with Gasteiger partial charge in [-0.25, -0.2) is 13.2 Å². The number of benzene rings is 3. The molecule has 0 aromatic heterocycles. The summed E-state index contributed by atoms with van der Waals surface area (Å²) in [4.78, 5) is 12.2. The average Bonchev–Trinajstić information content (AvgIpc) is 2.73. The number of esters is 1. The van der Waals surface area contributed by atoms with Crippen LogP contribution in [0.15, 0.2) is 89.8 Å². The fourth-order valence-electron chi connectivity index (χ4n) is 2.61. The van der Waals surface area contributed by atoms with Crippen molar-refractivity contribution in [3.63, 3.8) is 0 Å². The zero-order chi connectivity index (χ0) is 20.9. The minimum atomic E-state index is -3.67. The van der Waals surface area contributed by atoms with Gasteiger partial charge in [0, 0.05) is 13.1 Å². The van der Waals surface area contributed by atoms with Crippen LogP contribution in [0, 0.1) is 6.92 Å². The summed E-state index contributed by atoms with van der Waals surface area (Å²) in [5.41, 5.74) is 2.34. The lowest BCUT2D eigenvalue weighted by atomic mass is 10.2. The fourth-order valence-corrected chi connectivity index (χ4v) is 3.81. The van der Waals surface area contributed by atoms with Crippen molar-refractivity contribution in [1.82, 2.24) is 0 Å². The molecule has 0 aliphatic heterocycles. The molecule has 6 heteroatoms. The first-order valence-corrected chi connectivity index (χ1v) is 10.4. The summed E-state index contributed by atoms with van der Waals surface area (Å²) in [7, 11) is -2.18. The molecule has 0 aliphatic carbocycles. The van der Waals surface area contributed by atoms with Gasteiger partial charge in [0.15, 0.2) is 0 Å². The molecular formula is C23H21NO4S. The summed E-state index contributed by atoms with van der Waals surface area (Å²) in [6, 6.07) is 22.4. The van der Waals surface area contributed by atoms with Gasteiger partial charge in [-0.1, -0.05) is 48.0 Å². The molecule has 3 aromatic rings. The standard InChI is InChI=1S/C23H21NO4S/c1-18-8-15-22(16-9-18)29(26,27)24(2)20-11-13-21(14-12-20)28-23(25)17-10-19-6-4-3-5-7-19/h3-17H,1-2H3/b17-10+. The number of ether oxygens (including phenoxy) is 1. The molecule has 0 fully saturated rings. The van der Waals surface area contributed by atoms with E-state index in [4.69, 9.17) is 4.74 Å². The van der Waals surface area contributed by atoms with Crippen LogP contribution in [0.4, 0.5) is 5.69 Å². The molecular weight excluding hydrogens is 386 g/mol. The van der Waals surface area contributed by atoms with E-state index < -0.39 is 16.0 Å². The van der Waals surface area contributed by atoms with E-state index in [0.29, 0.717) is 11.4 Å². The van der Waals surface area contributed by atoms with Crippen LogP contribution in [-0.2, 0) is 14.8 Å². The number of hydrogen-bond donors (Lipinski definition) is 0. The van der Waals surface area contributed by atoms with Gasteiger partial charge in [-0.15, -0.1) is 0 Å². The SMILES string of the molecule is Cc1ccc(S(=O)(=O)N(C)c2ccc(OC(=O)/C=C/c3ccccc3)cc2)cc1. The highest BCUT2D eigenvalue weighted by Gasteiger charge is 2.21. The molecule has 3 rings (SSSR count). The summed E-state index contributed by atoms with van der Waals surface area (Å²) in [5.74, 6) is -0.181. The van der Waals surface area contributed by atoms with Crippen LogP contribution in [0.5, 0.6) is 5.75 Å². The van der Waals surface area contributed by atoms with Crippen molar-refractivity contribution in [3.8, 4) is 5.75 Å². The van der Waals surface area contributed by atoms with Gasteiger partial charge in [0.2, 0.25) is 0 Å². The van der Waals surface area contributed by atoms with Gasteiger partial charge < -0.3 is 4.74 Å². The van der Waals surface area contributed by atoms with Gasteiger partial charge >= 0.3 is 5.97 Å². The molecule has 5 nitrogen and oxygen atoms in total. The highest BCUT2D eigenvalue weighted by atomic mass is 32.2. The van der Waals surface area contributed by atoms with Crippen LogP contribution in [0.2, 0.25) is 0 Å². The monoisotopic (exact) mass is 407 g/mol. The maximum atomic E-state index is 12.8. The van der Waals surface area contributed by atoms with Gasteiger partial charge in [0.05, 0.1) is 10.6 Å². The predicted molar refractivity (Wildman–Crippen MR) is 114 cm³/mol. The van der Waals surface area contributed by atoms with Crippen LogP contribution >= 0.6 is 0 Å². The molecule has 148 valence electrons. The normalized spacial score (nSPS) is 11.4. The van der Waals surface area contributed by atoms with E-state index in [2.05, 4.69) is 0 Å². The maximum Gasteiger partial charge on any atom is 0.336 e. The molecule has 0 atom stereocenters. The first kappa shape index (κ1) is 20.4. The van der Waals surface area contributed by atoms with E-state index in [1.807, 2.05) is 37.3 Å². The number of rotatable bonds is 6. The second-order valence-electron chi connectivity index (χ2n) is 6.44. The second kappa shape index (κ2) is 8.75. The predicted octanol–water partition coefficient (Wildman–Crippen LogP) is 4.44. The third-order valence-corrected chi connectivity index (χ3v) is 6.11. The quantitative estimate of drug-likeness (QED) is 0.344. The van der Waals surface area contributed by atoms with Gasteiger partial charge in [0.25, 0.3) is 10.0 Å². The minimum Gasteiger partial charge on any atom is -0.423 e. The first-order chi connectivity index (χ1) is 13.9. The Morgan fingerprint density at radius 2 is 1.52 bits per heavy atom. The Labute approximate surface area is 170 Å². The number of hydrogen-bond acceptors (Lipinski definition) is 4. The van der Waals surface area contributed by atoms with Crippen LogP contribution in [0.1, 0.15) is 11.1 Å². The lowest BCUT2D eigenvalue weighted by Crippen LogP contribution is -2.26. The molecule has 3 aromatic carbocycles. The Bertz CT molecular complexity index is 1100. The molecule has 0 aliphatic rings. The van der Waals surface area contributed by atoms with E-state index in [-0.39, 0.29) is 4.90 Å². The summed E-state index contributed by atoms with van der Waals surface area (Å²) in [5, 5.41) is 0. The van der Waals surface area contributed by atoms with Gasteiger partial charge in [-0.2, -0.15) is 0 Å². The Morgan fingerprint density at radius 1 is 0.897 bits per heavy atom. The smallest absolute Gasteiger partial charge is 0.336 e. The molecule has 0 radical (unpaired) electrons. The van der Waals surface area contributed by atoms with E-state index in [1.54, 1.807) is 54.6 Å². The largest absolute Gasteiger partial charge is 0.423 e. The minimum absolute atomic E-state index is 0.215. The highest BCUT2D eigenvalue weighted by molar-refractivity contribution is 7.92. The van der Waals surface area contributed by atoms with Crippen molar-refractivity contribution in [1.29, 1.82) is 0 Å². The Morgan fingerprint density at radius 3 is 2.14 bits per heavy atom.